The van der Waals surface area contributed by atoms with E-state index in [1.807, 2.05) is 25.6 Å². The van der Waals surface area contributed by atoms with Gasteiger partial charge < -0.3 is 0 Å². The highest BCUT2D eigenvalue weighted by Crippen LogP contribution is 2.39. The summed E-state index contributed by atoms with van der Waals surface area (Å²) < 4.78 is 1.16. The zero-order chi connectivity index (χ0) is 9.68. The van der Waals surface area contributed by atoms with Crippen LogP contribution >= 0.6 is 27.7 Å². The van der Waals surface area contributed by atoms with Crippen molar-refractivity contribution in [1.82, 2.24) is 0 Å². The lowest BCUT2D eigenvalue weighted by atomic mass is 10.4. The predicted molar refractivity (Wildman–Crippen MR) is 64.4 cm³/mol. The van der Waals surface area contributed by atoms with Gasteiger partial charge in [-0.2, -0.15) is 0 Å². The summed E-state index contributed by atoms with van der Waals surface area (Å²) in [5, 5.41) is 0.913. The van der Waals surface area contributed by atoms with Gasteiger partial charge in [0.15, 0.2) is 0 Å². The van der Waals surface area contributed by atoms with Gasteiger partial charge in [0.25, 0.3) is 0 Å². The molecule has 1 aromatic carbocycles. The van der Waals surface area contributed by atoms with Crippen molar-refractivity contribution in [2.24, 2.45) is 0 Å². The Morgan fingerprint density at radius 3 is 2.15 bits per heavy atom. The van der Waals surface area contributed by atoms with Crippen LogP contribution in [-0.2, 0) is 0 Å². The highest BCUT2D eigenvalue weighted by Gasteiger charge is 2.22. The normalized spacial score (nSPS) is 14.7. The molecule has 13 heavy (non-hydrogen) atoms. The van der Waals surface area contributed by atoms with Gasteiger partial charge in [0, 0.05) is 14.6 Å². The molecule has 0 aromatic heterocycles. The highest BCUT2D eigenvalue weighted by atomic mass is 79.9. The molecule has 0 heterocycles. The van der Waals surface area contributed by atoms with Gasteiger partial charge in [0.1, 0.15) is 0 Å². The van der Waals surface area contributed by atoms with Gasteiger partial charge in [-0.1, -0.05) is 29.8 Å². The van der Waals surface area contributed by atoms with E-state index in [0.717, 1.165) is 9.72 Å². The van der Waals surface area contributed by atoms with Crippen LogP contribution in [0.1, 0.15) is 26.7 Å². The van der Waals surface area contributed by atoms with E-state index in [1.54, 1.807) is 0 Å². The summed E-state index contributed by atoms with van der Waals surface area (Å²) in [6.07, 6.45) is 2.81. The molecule has 1 saturated carbocycles. The third kappa shape index (κ3) is 4.19. The molecule has 0 amide bonds. The van der Waals surface area contributed by atoms with Crippen molar-refractivity contribution in [1.29, 1.82) is 0 Å². The van der Waals surface area contributed by atoms with Crippen LogP contribution in [0.5, 0.6) is 0 Å². The number of halogens is 1. The number of hydrogen-bond donors (Lipinski definition) is 0. The Balaban J connectivity index is 0.000000396. The van der Waals surface area contributed by atoms with Crippen molar-refractivity contribution in [3.05, 3.63) is 28.7 Å². The quantitative estimate of drug-likeness (QED) is 0.739. The van der Waals surface area contributed by atoms with Gasteiger partial charge in [0.2, 0.25) is 0 Å². The van der Waals surface area contributed by atoms with E-state index >= 15 is 0 Å². The third-order valence-electron chi connectivity index (χ3n) is 1.64. The molecule has 2 rings (SSSR count). The highest BCUT2D eigenvalue weighted by molar-refractivity contribution is 9.10. The molecular formula is C11H15BrS. The van der Waals surface area contributed by atoms with E-state index in [1.165, 1.54) is 17.7 Å². The Labute approximate surface area is 93.2 Å². The summed E-state index contributed by atoms with van der Waals surface area (Å²) in [6.45, 7) is 4.00. The first-order chi connectivity index (χ1) is 6.34. The molecule has 1 aliphatic rings. The van der Waals surface area contributed by atoms with Crippen LogP contribution in [-0.4, -0.2) is 5.25 Å². The Morgan fingerprint density at radius 2 is 1.69 bits per heavy atom. The lowest BCUT2D eigenvalue weighted by Gasteiger charge is -1.97. The Morgan fingerprint density at radius 1 is 1.15 bits per heavy atom. The fourth-order valence-corrected chi connectivity index (χ4v) is 2.21. The standard InChI is InChI=1S/C9H9BrS.C2H6/c10-7-1-3-8(4-2-7)11-9-5-6-9;1-2/h1-4,9H,5-6H2;1-2H3. The summed E-state index contributed by atoms with van der Waals surface area (Å²) in [4.78, 5) is 1.40. The molecule has 0 unspecified atom stereocenters. The minimum absolute atomic E-state index is 0.913. The van der Waals surface area contributed by atoms with Gasteiger partial charge >= 0.3 is 0 Å². The van der Waals surface area contributed by atoms with Gasteiger partial charge in [-0.25, -0.2) is 0 Å². The van der Waals surface area contributed by atoms with E-state index in [2.05, 4.69) is 40.2 Å². The van der Waals surface area contributed by atoms with Crippen LogP contribution in [0.25, 0.3) is 0 Å². The molecule has 0 radical (unpaired) electrons. The third-order valence-corrected chi connectivity index (χ3v) is 3.52. The molecule has 0 saturated heterocycles. The second-order valence-electron chi connectivity index (χ2n) is 2.77. The molecular weight excluding hydrogens is 244 g/mol. The monoisotopic (exact) mass is 258 g/mol. The van der Waals surface area contributed by atoms with Crippen LogP contribution in [0.15, 0.2) is 33.6 Å². The first-order valence-corrected chi connectivity index (χ1v) is 6.44. The molecule has 1 aliphatic carbocycles. The molecule has 0 aliphatic heterocycles. The smallest absolute Gasteiger partial charge is 0.0176 e. The lowest BCUT2D eigenvalue weighted by molar-refractivity contribution is 1.41. The fraction of sp³-hybridized carbons (Fsp3) is 0.455. The maximum atomic E-state index is 3.42. The number of benzene rings is 1. The molecule has 1 fully saturated rings. The second kappa shape index (κ2) is 5.71. The maximum Gasteiger partial charge on any atom is 0.0176 e. The molecule has 72 valence electrons. The Bertz CT molecular complexity index is 239. The van der Waals surface area contributed by atoms with Crippen molar-refractivity contribution in [2.75, 3.05) is 0 Å². The first kappa shape index (κ1) is 11.1. The van der Waals surface area contributed by atoms with E-state index in [0.29, 0.717) is 0 Å². The van der Waals surface area contributed by atoms with Crippen molar-refractivity contribution in [3.63, 3.8) is 0 Å². The van der Waals surface area contributed by atoms with E-state index in [-0.39, 0.29) is 0 Å². The first-order valence-electron chi connectivity index (χ1n) is 4.77. The summed E-state index contributed by atoms with van der Waals surface area (Å²) in [7, 11) is 0. The van der Waals surface area contributed by atoms with Crippen LogP contribution in [0.2, 0.25) is 0 Å². The van der Waals surface area contributed by atoms with E-state index < -0.39 is 0 Å². The summed E-state index contributed by atoms with van der Waals surface area (Å²) in [5.74, 6) is 0. The topological polar surface area (TPSA) is 0 Å². The minimum Gasteiger partial charge on any atom is -0.123 e. The maximum absolute atomic E-state index is 3.42. The molecule has 0 nitrogen and oxygen atoms in total. The largest absolute Gasteiger partial charge is 0.123 e. The minimum atomic E-state index is 0.913. The molecule has 0 N–H and O–H groups in total. The Kier molecular flexibility index (Phi) is 4.89. The molecule has 0 bridgehead atoms. The van der Waals surface area contributed by atoms with E-state index in [9.17, 15) is 0 Å². The second-order valence-corrected chi connectivity index (χ2v) is 5.06. The number of rotatable bonds is 2. The zero-order valence-electron chi connectivity index (χ0n) is 8.09. The van der Waals surface area contributed by atoms with Gasteiger partial charge in [0.05, 0.1) is 0 Å². The van der Waals surface area contributed by atoms with Crippen LogP contribution < -0.4 is 0 Å². The van der Waals surface area contributed by atoms with Crippen molar-refractivity contribution < 1.29 is 0 Å². The van der Waals surface area contributed by atoms with Crippen LogP contribution in [0, 0.1) is 0 Å². The average Bonchev–Trinajstić information content (AvgIpc) is 2.96. The van der Waals surface area contributed by atoms with Gasteiger partial charge in [-0.3, -0.25) is 0 Å². The lowest BCUT2D eigenvalue weighted by Crippen LogP contribution is -1.73. The molecule has 2 heteroatoms. The molecule has 0 atom stereocenters. The summed E-state index contributed by atoms with van der Waals surface area (Å²) >= 11 is 5.42. The number of hydrogen-bond acceptors (Lipinski definition) is 1. The Hall–Kier alpha value is 0.0500. The molecule has 1 aromatic rings. The van der Waals surface area contributed by atoms with Crippen molar-refractivity contribution >= 4 is 27.7 Å². The van der Waals surface area contributed by atoms with Crippen molar-refractivity contribution in [3.8, 4) is 0 Å². The predicted octanol–water partition coefficient (Wildman–Crippen LogP) is 4.73. The summed E-state index contributed by atoms with van der Waals surface area (Å²) in [6, 6.07) is 8.55. The van der Waals surface area contributed by atoms with Gasteiger partial charge in [-0.15, -0.1) is 11.8 Å². The van der Waals surface area contributed by atoms with E-state index in [4.69, 9.17) is 0 Å². The zero-order valence-corrected chi connectivity index (χ0v) is 10.5. The van der Waals surface area contributed by atoms with Crippen LogP contribution in [0.3, 0.4) is 0 Å². The molecule has 0 spiro atoms. The van der Waals surface area contributed by atoms with Gasteiger partial charge in [-0.05, 0) is 37.1 Å². The average molecular weight is 259 g/mol. The summed E-state index contributed by atoms with van der Waals surface area (Å²) in [5.41, 5.74) is 0. The fourth-order valence-electron chi connectivity index (χ4n) is 0.892. The van der Waals surface area contributed by atoms with Crippen molar-refractivity contribution in [2.45, 2.75) is 36.8 Å². The number of thioether (sulfide) groups is 1. The van der Waals surface area contributed by atoms with Crippen LogP contribution in [0.4, 0.5) is 0 Å². The SMILES string of the molecule is Brc1ccc(SC2CC2)cc1.CC.